The van der Waals surface area contributed by atoms with Crippen molar-refractivity contribution in [2.24, 2.45) is 0 Å². The normalized spacial score (nSPS) is 16.9. The molecule has 4 aromatic rings. The maximum atomic E-state index is 15.1. The average molecular weight is 614 g/mol. The van der Waals surface area contributed by atoms with Gasteiger partial charge in [0.2, 0.25) is 5.91 Å². The van der Waals surface area contributed by atoms with E-state index in [-0.39, 0.29) is 36.9 Å². The summed E-state index contributed by atoms with van der Waals surface area (Å²) in [5, 5.41) is 12.7. The molecular formula is C35H34F3N5O2. The monoisotopic (exact) mass is 613 g/mol. The number of urea groups is 1. The maximum absolute atomic E-state index is 15.1. The van der Waals surface area contributed by atoms with E-state index in [1.54, 1.807) is 30.3 Å². The third-order valence-electron chi connectivity index (χ3n) is 7.93. The smallest absolute Gasteiger partial charge is 0.359 e. The molecule has 1 unspecified atom stereocenters. The highest BCUT2D eigenvalue weighted by molar-refractivity contribution is 5.89. The lowest BCUT2D eigenvalue weighted by molar-refractivity contribution is -0.177. The molecule has 0 saturated heterocycles. The zero-order valence-electron chi connectivity index (χ0n) is 24.9. The van der Waals surface area contributed by atoms with E-state index >= 15 is 13.2 Å². The number of benzene rings is 3. The molecule has 1 heterocycles. The van der Waals surface area contributed by atoms with Crippen LogP contribution in [0.5, 0.6) is 0 Å². The van der Waals surface area contributed by atoms with Crippen LogP contribution in [0.4, 0.5) is 23.7 Å². The number of amides is 3. The number of aryl methyl sites for hydroxylation is 1. The number of rotatable bonds is 9. The molecule has 1 aromatic heterocycles. The van der Waals surface area contributed by atoms with E-state index in [2.05, 4.69) is 21.0 Å². The van der Waals surface area contributed by atoms with Gasteiger partial charge in [0.25, 0.3) is 0 Å². The van der Waals surface area contributed by atoms with Gasteiger partial charge in [-0.1, -0.05) is 78.9 Å². The first-order valence-corrected chi connectivity index (χ1v) is 14.6. The number of hydrogen-bond acceptors (Lipinski definition) is 3. The van der Waals surface area contributed by atoms with Crippen molar-refractivity contribution < 1.29 is 22.8 Å². The number of aromatic nitrogens is 2. The molecule has 232 valence electrons. The van der Waals surface area contributed by atoms with E-state index in [9.17, 15) is 9.59 Å². The number of alkyl halides is 3. The zero-order chi connectivity index (χ0) is 32.0. The Bertz CT molecular complexity index is 1700. The van der Waals surface area contributed by atoms with Crippen LogP contribution in [-0.2, 0) is 16.6 Å². The number of nitrogens with zero attached hydrogens (tertiary/aromatic N) is 2. The molecule has 3 aromatic carbocycles. The van der Waals surface area contributed by atoms with E-state index < -0.39 is 17.6 Å². The lowest BCUT2D eigenvalue weighted by Gasteiger charge is -2.35. The van der Waals surface area contributed by atoms with Gasteiger partial charge in [0.05, 0.1) is 23.1 Å². The van der Waals surface area contributed by atoms with E-state index in [1.165, 1.54) is 29.9 Å². The second-order valence-corrected chi connectivity index (χ2v) is 10.9. The minimum absolute atomic E-state index is 0.0587. The summed E-state index contributed by atoms with van der Waals surface area (Å²) in [5.74, 6) is -0.236. The van der Waals surface area contributed by atoms with Crippen molar-refractivity contribution in [3.8, 4) is 5.69 Å². The van der Waals surface area contributed by atoms with Crippen LogP contribution in [0.15, 0.2) is 109 Å². The van der Waals surface area contributed by atoms with Crippen LogP contribution in [-0.4, -0.2) is 34.9 Å². The Kier molecular flexibility index (Phi) is 9.22. The molecule has 3 N–H and O–H groups in total. The van der Waals surface area contributed by atoms with Gasteiger partial charge in [-0.15, -0.1) is 0 Å². The number of nitrogens with one attached hydrogen (secondary N) is 3. The highest BCUT2D eigenvalue weighted by Gasteiger charge is 2.56. The predicted octanol–water partition coefficient (Wildman–Crippen LogP) is 7.28. The number of halogens is 3. The van der Waals surface area contributed by atoms with Crippen molar-refractivity contribution in [3.05, 3.63) is 132 Å². The summed E-state index contributed by atoms with van der Waals surface area (Å²) < 4.78 is 46.5. The summed E-state index contributed by atoms with van der Waals surface area (Å²) in [6, 6.07) is 26.0. The molecule has 5 rings (SSSR count). The molecule has 45 heavy (non-hydrogen) atoms. The fraction of sp³-hybridized carbons (Fsp3) is 0.229. The molecule has 0 saturated carbocycles. The first-order valence-electron chi connectivity index (χ1n) is 14.6. The molecule has 0 radical (unpaired) electrons. The Hall–Kier alpha value is -5.12. The Morgan fingerprint density at radius 1 is 0.978 bits per heavy atom. The fourth-order valence-electron chi connectivity index (χ4n) is 5.34. The predicted molar refractivity (Wildman–Crippen MR) is 169 cm³/mol. The van der Waals surface area contributed by atoms with Crippen LogP contribution in [0.2, 0.25) is 0 Å². The van der Waals surface area contributed by atoms with Gasteiger partial charge in [-0.2, -0.15) is 18.3 Å². The second-order valence-electron chi connectivity index (χ2n) is 10.9. The second kappa shape index (κ2) is 13.3. The minimum Gasteiger partial charge on any atom is -0.359 e. The van der Waals surface area contributed by atoms with E-state index in [0.29, 0.717) is 22.6 Å². The van der Waals surface area contributed by atoms with Crippen LogP contribution < -0.4 is 16.0 Å². The van der Waals surface area contributed by atoms with Gasteiger partial charge < -0.3 is 16.0 Å². The van der Waals surface area contributed by atoms with E-state index in [4.69, 9.17) is 0 Å². The third-order valence-corrected chi connectivity index (χ3v) is 7.93. The van der Waals surface area contributed by atoms with Crippen molar-refractivity contribution in [2.75, 3.05) is 12.4 Å². The van der Waals surface area contributed by atoms with Gasteiger partial charge >= 0.3 is 12.2 Å². The molecule has 0 aliphatic heterocycles. The maximum Gasteiger partial charge on any atom is 0.403 e. The lowest BCUT2D eigenvalue weighted by atomic mass is 9.75. The topological polar surface area (TPSA) is 88.0 Å². The number of carbonyl (C=O) groups excluding carboxylic acids is 2. The highest BCUT2D eigenvalue weighted by atomic mass is 19.4. The van der Waals surface area contributed by atoms with Gasteiger partial charge in [0.15, 0.2) is 0 Å². The summed E-state index contributed by atoms with van der Waals surface area (Å²) in [6.45, 7) is 1.87. The van der Waals surface area contributed by atoms with Crippen molar-refractivity contribution in [1.82, 2.24) is 20.4 Å². The highest BCUT2D eigenvalue weighted by Crippen LogP contribution is 2.49. The first kappa shape index (κ1) is 31.3. The van der Waals surface area contributed by atoms with Crippen molar-refractivity contribution in [1.29, 1.82) is 0 Å². The molecule has 0 fully saturated rings. The number of hydrogen-bond donors (Lipinski definition) is 3. The molecule has 1 aliphatic rings. The first-order chi connectivity index (χ1) is 21.6. The molecule has 7 nitrogen and oxygen atoms in total. The van der Waals surface area contributed by atoms with E-state index in [1.807, 2.05) is 67.6 Å². The Balaban J connectivity index is 1.44. The van der Waals surface area contributed by atoms with Gasteiger partial charge in [-0.25, -0.2) is 9.48 Å². The van der Waals surface area contributed by atoms with Gasteiger partial charge in [0.1, 0.15) is 5.41 Å². The molecular weight excluding hydrogens is 579 g/mol. The van der Waals surface area contributed by atoms with Gasteiger partial charge in [-0.05, 0) is 60.4 Å². The summed E-state index contributed by atoms with van der Waals surface area (Å²) in [6.07, 6.45) is -0.396. The summed E-state index contributed by atoms with van der Waals surface area (Å²) >= 11 is 0. The van der Waals surface area contributed by atoms with Crippen LogP contribution in [0.1, 0.15) is 48.3 Å². The average Bonchev–Trinajstić information content (AvgIpc) is 3.49. The molecule has 2 atom stereocenters. The molecule has 0 spiro atoms. The number of anilines is 1. The summed E-state index contributed by atoms with van der Waals surface area (Å²) in [7, 11) is 1.51. The van der Waals surface area contributed by atoms with Crippen molar-refractivity contribution in [3.63, 3.8) is 0 Å². The quantitative estimate of drug-likeness (QED) is 0.185. The third kappa shape index (κ3) is 7.01. The van der Waals surface area contributed by atoms with Crippen LogP contribution in [0.25, 0.3) is 11.3 Å². The van der Waals surface area contributed by atoms with E-state index in [0.717, 1.165) is 11.1 Å². The Labute approximate surface area is 259 Å². The van der Waals surface area contributed by atoms with Crippen LogP contribution in [0, 0.1) is 0 Å². The molecule has 3 amide bonds. The SMILES string of the molecule is CNC(=O)CCc1cc([C@]2(C(F)(F)F)C=CC(c3ccccc3)=CC2)n(-c2ccc(NC(=O)NC(C)c3ccccc3)cc2)n1. The van der Waals surface area contributed by atoms with Crippen LogP contribution in [0.3, 0.4) is 0 Å². The van der Waals surface area contributed by atoms with Gasteiger partial charge in [0, 0.05) is 25.6 Å². The largest absolute Gasteiger partial charge is 0.403 e. The zero-order valence-corrected chi connectivity index (χ0v) is 24.9. The number of carbonyl (C=O) groups is 2. The molecule has 1 aliphatic carbocycles. The standard InChI is InChI=1S/C35H34F3N5O2/c1-24(25-9-5-3-6-10-25)40-33(45)41-28-13-16-30(17-14-28)43-31(23-29(42-43)15-18-32(44)39-2)34(35(36,37)38)21-19-27(20-22-34)26-11-7-4-8-12-26/h3-14,16-17,19-21,23-24H,15,18,22H2,1-2H3,(H,39,44)(H2,40,41,45)/t24?,34-/m0/s1. The lowest BCUT2D eigenvalue weighted by Crippen LogP contribution is -2.42. The van der Waals surface area contributed by atoms with Gasteiger partial charge in [-0.3, -0.25) is 4.79 Å². The Morgan fingerprint density at radius 2 is 1.64 bits per heavy atom. The molecule has 10 heteroatoms. The van der Waals surface area contributed by atoms with Crippen molar-refractivity contribution in [2.45, 2.75) is 43.8 Å². The fourth-order valence-corrected chi connectivity index (χ4v) is 5.34. The number of allylic oxidation sites excluding steroid dienone is 4. The minimum atomic E-state index is -4.65. The van der Waals surface area contributed by atoms with Crippen LogP contribution >= 0.6 is 0 Å². The Morgan fingerprint density at radius 3 is 2.24 bits per heavy atom. The van der Waals surface area contributed by atoms with Crippen molar-refractivity contribution >= 4 is 23.2 Å². The summed E-state index contributed by atoms with van der Waals surface area (Å²) in [5.41, 5.74) is 1.28. The summed E-state index contributed by atoms with van der Waals surface area (Å²) in [4.78, 5) is 24.6. The molecule has 0 bridgehead atoms.